The van der Waals surface area contributed by atoms with E-state index in [1.165, 1.54) is 4.90 Å². The molecule has 4 N–H and O–H groups in total. The van der Waals surface area contributed by atoms with E-state index in [-0.39, 0.29) is 55.4 Å². The number of hydrogen-bond donors (Lipinski definition) is 4. The second-order valence-electron chi connectivity index (χ2n) is 17.5. The number of fused-ring (bicyclic) bond motifs is 3. The highest BCUT2D eigenvalue weighted by Gasteiger charge is 2.53. The number of nitrogens with zero attached hydrogens (tertiary/aromatic N) is 1. The van der Waals surface area contributed by atoms with Crippen LogP contribution in [0.1, 0.15) is 131 Å². The molecular formula is C45H69NO10. The first-order valence-corrected chi connectivity index (χ1v) is 21.2. The summed E-state index contributed by atoms with van der Waals surface area (Å²) in [6, 6.07) is -1.03. The number of Topliss-reactive ketones (excluding diaryl/α,β-unsaturated/α-hetero) is 2. The molecule has 1 aliphatic carbocycles. The van der Waals surface area contributed by atoms with Crippen molar-refractivity contribution < 1.29 is 49.1 Å². The highest BCUT2D eigenvalue weighted by atomic mass is 16.6. The third-order valence-corrected chi connectivity index (χ3v) is 12.8. The van der Waals surface area contributed by atoms with E-state index in [2.05, 4.69) is 0 Å². The normalized spacial score (nSPS) is 40.5. The summed E-state index contributed by atoms with van der Waals surface area (Å²) in [7, 11) is 0. The molecular weight excluding hydrogens is 714 g/mol. The van der Waals surface area contributed by atoms with Gasteiger partial charge in [-0.15, -0.1) is 0 Å². The molecule has 56 heavy (non-hydrogen) atoms. The maximum Gasteiger partial charge on any atom is 0.329 e. The van der Waals surface area contributed by atoms with E-state index in [1.54, 1.807) is 26.8 Å². The summed E-state index contributed by atoms with van der Waals surface area (Å²) in [4.78, 5) is 56.5. The van der Waals surface area contributed by atoms with E-state index in [4.69, 9.17) is 9.47 Å². The van der Waals surface area contributed by atoms with Crippen LogP contribution in [0.5, 0.6) is 0 Å². The molecule has 2 saturated heterocycles. The number of cyclic esters (lactones) is 1. The van der Waals surface area contributed by atoms with Crippen LogP contribution in [0.25, 0.3) is 0 Å². The van der Waals surface area contributed by atoms with Crippen molar-refractivity contribution in [3.8, 4) is 0 Å². The Hall–Kier alpha value is -2.96. The highest BCUT2D eigenvalue weighted by Crippen LogP contribution is 2.37. The highest BCUT2D eigenvalue weighted by molar-refractivity contribution is 6.39. The van der Waals surface area contributed by atoms with Gasteiger partial charge in [0, 0.05) is 37.6 Å². The van der Waals surface area contributed by atoms with Crippen LogP contribution in [-0.2, 0) is 28.7 Å². The average molecular weight is 784 g/mol. The SMILES string of the molecule is C/C1=C\C[C@@H]([C@H](C)CC2CCC(O)CC2)OC(=O)[C@@H]2CCCCN2C(=O)C(=O)[C@]2(O)O[C@@H](CC[C@H]2C)C[C@H](O)/C(C)=C/C=C/C=C/[C@@H](C)C[C@H](C)C(=O)C[C@@H]1O. The fourth-order valence-corrected chi connectivity index (χ4v) is 8.72. The molecule has 0 aromatic rings. The van der Waals surface area contributed by atoms with Crippen molar-refractivity contribution >= 4 is 23.4 Å². The third kappa shape index (κ3) is 12.5. The number of carbonyl (C=O) groups is 4. The molecule has 11 heteroatoms. The van der Waals surface area contributed by atoms with Crippen LogP contribution >= 0.6 is 0 Å². The Balaban J connectivity index is 1.63. The van der Waals surface area contributed by atoms with Gasteiger partial charge in [0.25, 0.3) is 11.7 Å². The molecule has 0 unspecified atom stereocenters. The number of ether oxygens (including phenoxy) is 2. The second kappa shape index (κ2) is 21.2. The van der Waals surface area contributed by atoms with E-state index in [9.17, 15) is 39.6 Å². The number of aliphatic hydroxyl groups is 4. The maximum absolute atomic E-state index is 14.1. The van der Waals surface area contributed by atoms with Gasteiger partial charge in [-0.1, -0.05) is 64.2 Å². The number of ketones is 2. The van der Waals surface area contributed by atoms with Gasteiger partial charge >= 0.3 is 5.97 Å². The summed E-state index contributed by atoms with van der Waals surface area (Å²) < 4.78 is 12.3. The summed E-state index contributed by atoms with van der Waals surface area (Å²) >= 11 is 0. The topological polar surface area (TPSA) is 171 Å². The number of allylic oxidation sites excluding steroid dienone is 5. The molecule has 2 bridgehead atoms. The number of rotatable bonds is 3. The van der Waals surface area contributed by atoms with Crippen LogP contribution in [0.4, 0.5) is 0 Å². The smallest absolute Gasteiger partial charge is 0.329 e. The molecule has 1 amide bonds. The zero-order valence-corrected chi connectivity index (χ0v) is 34.6. The van der Waals surface area contributed by atoms with Gasteiger partial charge in [-0.2, -0.15) is 0 Å². The molecule has 3 heterocycles. The maximum atomic E-state index is 14.1. The first-order valence-electron chi connectivity index (χ1n) is 21.2. The summed E-state index contributed by atoms with van der Waals surface area (Å²) in [5.74, 6) is -5.79. The first kappa shape index (κ1) is 45.7. The summed E-state index contributed by atoms with van der Waals surface area (Å²) in [5.41, 5.74) is 1.27. The fourth-order valence-electron chi connectivity index (χ4n) is 8.72. The zero-order valence-electron chi connectivity index (χ0n) is 34.6. The Bertz CT molecular complexity index is 1480. The third-order valence-electron chi connectivity index (χ3n) is 12.8. The van der Waals surface area contributed by atoms with Crippen molar-refractivity contribution in [2.45, 2.75) is 174 Å². The number of carbonyl (C=O) groups excluding carboxylic acids is 4. The van der Waals surface area contributed by atoms with E-state index in [1.807, 2.05) is 51.2 Å². The molecule has 3 fully saturated rings. The van der Waals surface area contributed by atoms with E-state index < -0.39 is 59.8 Å². The molecule has 3 aliphatic heterocycles. The molecule has 11 nitrogen and oxygen atoms in total. The standard InChI is InChI=1S/C45H69NO10/c1-28-12-8-7-9-13-29(2)38(48)26-36-21-16-33(6)45(54,56-36)42(51)43(52)46-23-11-10-14-37(46)44(53)55-41(32(5)25-34-17-19-35(47)20-18-34)22-15-30(3)39(49)27-40(50)31(4)24-28/h7-9,12-13,15,28,31-39,41,47-49,54H,10-11,14,16-27H2,1-6H3/b9-7+,12-8+,29-13+,30-15+/t28-,31+,32-,33-,34?,35?,36+,37+,38+,39+,41+,45-/m1/s1. The molecule has 0 spiro atoms. The monoisotopic (exact) mass is 783 g/mol. The predicted molar refractivity (Wildman–Crippen MR) is 214 cm³/mol. The second-order valence-corrected chi connectivity index (χ2v) is 17.5. The van der Waals surface area contributed by atoms with Gasteiger partial charge < -0.3 is 34.8 Å². The van der Waals surface area contributed by atoms with Crippen molar-refractivity contribution in [1.29, 1.82) is 0 Å². The molecule has 1 saturated carbocycles. The minimum atomic E-state index is -2.42. The lowest BCUT2D eigenvalue weighted by atomic mass is 9.80. The lowest BCUT2D eigenvalue weighted by molar-refractivity contribution is -0.265. The Morgan fingerprint density at radius 2 is 1.57 bits per heavy atom. The lowest BCUT2D eigenvalue weighted by Gasteiger charge is -2.42. The minimum absolute atomic E-state index is 0.0284. The Labute approximate surface area is 334 Å². The van der Waals surface area contributed by atoms with Gasteiger partial charge in [0.05, 0.1) is 24.4 Å². The number of esters is 1. The molecule has 4 aliphatic rings. The van der Waals surface area contributed by atoms with Crippen LogP contribution < -0.4 is 0 Å². The van der Waals surface area contributed by atoms with Crippen LogP contribution in [0, 0.1) is 29.6 Å². The quantitative estimate of drug-likeness (QED) is 0.150. The average Bonchev–Trinajstić information content (AvgIpc) is 3.17. The van der Waals surface area contributed by atoms with Gasteiger partial charge in [-0.25, -0.2) is 4.79 Å². The van der Waals surface area contributed by atoms with Crippen molar-refractivity contribution in [1.82, 2.24) is 4.90 Å². The Morgan fingerprint density at radius 3 is 2.29 bits per heavy atom. The van der Waals surface area contributed by atoms with Gasteiger partial charge in [0.1, 0.15) is 17.9 Å². The van der Waals surface area contributed by atoms with E-state index in [0.29, 0.717) is 55.6 Å². The Kier molecular flexibility index (Phi) is 17.3. The minimum Gasteiger partial charge on any atom is -0.460 e. The van der Waals surface area contributed by atoms with Crippen molar-refractivity contribution in [3.05, 3.63) is 47.6 Å². The van der Waals surface area contributed by atoms with Crippen molar-refractivity contribution in [2.24, 2.45) is 29.6 Å². The van der Waals surface area contributed by atoms with Crippen LogP contribution in [0.3, 0.4) is 0 Å². The number of hydrogen-bond acceptors (Lipinski definition) is 10. The molecule has 0 aromatic heterocycles. The largest absolute Gasteiger partial charge is 0.460 e. The summed E-state index contributed by atoms with van der Waals surface area (Å²) in [6.45, 7) is 11.3. The predicted octanol–water partition coefficient (Wildman–Crippen LogP) is 6.07. The van der Waals surface area contributed by atoms with E-state index in [0.717, 1.165) is 32.1 Å². The van der Waals surface area contributed by atoms with Gasteiger partial charge in [0.2, 0.25) is 5.79 Å². The Morgan fingerprint density at radius 1 is 0.857 bits per heavy atom. The lowest BCUT2D eigenvalue weighted by Crippen LogP contribution is -2.60. The van der Waals surface area contributed by atoms with Crippen molar-refractivity contribution in [3.63, 3.8) is 0 Å². The van der Waals surface area contributed by atoms with Gasteiger partial charge in [-0.3, -0.25) is 14.4 Å². The molecule has 4 rings (SSSR count). The first-order chi connectivity index (χ1) is 26.5. The van der Waals surface area contributed by atoms with Crippen LogP contribution in [-0.4, -0.2) is 97.7 Å². The van der Waals surface area contributed by atoms with Crippen molar-refractivity contribution in [2.75, 3.05) is 6.54 Å². The molecule has 314 valence electrons. The number of piperidine rings is 1. The van der Waals surface area contributed by atoms with Crippen LogP contribution in [0.15, 0.2) is 47.6 Å². The molecule has 0 radical (unpaired) electrons. The summed E-state index contributed by atoms with van der Waals surface area (Å²) in [6.07, 6.45) is 15.0. The van der Waals surface area contributed by atoms with Gasteiger partial charge in [0.15, 0.2) is 0 Å². The van der Waals surface area contributed by atoms with Gasteiger partial charge in [-0.05, 0) is 113 Å². The van der Waals surface area contributed by atoms with E-state index >= 15 is 0 Å². The zero-order chi connectivity index (χ0) is 41.2. The number of amides is 1. The van der Waals surface area contributed by atoms with Crippen LogP contribution in [0.2, 0.25) is 0 Å². The molecule has 10 atom stereocenters. The number of aliphatic hydroxyl groups excluding tert-OH is 3. The molecule has 0 aromatic carbocycles. The summed E-state index contributed by atoms with van der Waals surface area (Å²) in [5, 5.41) is 43.9. The fraction of sp³-hybridized carbons (Fsp3) is 0.733.